The molecule has 0 aliphatic heterocycles. The van der Waals surface area contributed by atoms with E-state index in [1.165, 1.54) is 32.1 Å². The highest BCUT2D eigenvalue weighted by Crippen LogP contribution is 2.26. The van der Waals surface area contributed by atoms with Crippen LogP contribution in [0.4, 0.5) is 0 Å². The van der Waals surface area contributed by atoms with Gasteiger partial charge >= 0.3 is 0 Å². The van der Waals surface area contributed by atoms with Crippen molar-refractivity contribution in [2.24, 2.45) is 5.92 Å². The van der Waals surface area contributed by atoms with Gasteiger partial charge in [0.25, 0.3) is 0 Å². The van der Waals surface area contributed by atoms with E-state index in [1.807, 2.05) is 11.9 Å². The van der Waals surface area contributed by atoms with Crippen LogP contribution in [0, 0.1) is 5.92 Å². The van der Waals surface area contributed by atoms with E-state index in [9.17, 15) is 0 Å². The van der Waals surface area contributed by atoms with Crippen LogP contribution in [0.3, 0.4) is 0 Å². The zero-order chi connectivity index (χ0) is 12.6. The molecule has 0 saturated carbocycles. The van der Waals surface area contributed by atoms with Gasteiger partial charge in [0.1, 0.15) is 0 Å². The van der Waals surface area contributed by atoms with Gasteiger partial charge < -0.3 is 0 Å². The standard InChI is InChI=1S/C14H31NS/c1-7-10-12(9-3)13(11-8-2)15-16-14(4,5)6/h12-13,15H,7-11H2,1-6H3. The second-order valence-corrected chi connectivity index (χ2v) is 7.35. The molecule has 0 aromatic rings. The normalized spacial score (nSPS) is 16.1. The van der Waals surface area contributed by atoms with E-state index < -0.39 is 0 Å². The minimum absolute atomic E-state index is 0.316. The molecule has 0 spiro atoms. The molecular weight excluding hydrogens is 214 g/mol. The summed E-state index contributed by atoms with van der Waals surface area (Å²) in [6, 6.07) is 0.694. The molecule has 0 bridgehead atoms. The van der Waals surface area contributed by atoms with E-state index in [0.29, 0.717) is 10.8 Å². The third-order valence-electron chi connectivity index (χ3n) is 2.87. The summed E-state index contributed by atoms with van der Waals surface area (Å²) < 4.78 is 4.03. The molecule has 2 atom stereocenters. The Balaban J connectivity index is 4.22. The monoisotopic (exact) mass is 245 g/mol. The van der Waals surface area contributed by atoms with Crippen molar-refractivity contribution in [2.75, 3.05) is 0 Å². The van der Waals surface area contributed by atoms with Crippen molar-refractivity contribution >= 4 is 11.9 Å². The third kappa shape index (κ3) is 7.56. The minimum Gasteiger partial charge on any atom is -0.260 e. The van der Waals surface area contributed by atoms with Crippen molar-refractivity contribution in [1.29, 1.82) is 0 Å². The van der Waals surface area contributed by atoms with Crippen LogP contribution in [-0.4, -0.2) is 10.8 Å². The fraction of sp³-hybridized carbons (Fsp3) is 1.00. The van der Waals surface area contributed by atoms with E-state index in [2.05, 4.69) is 46.3 Å². The summed E-state index contributed by atoms with van der Waals surface area (Å²) in [5.74, 6) is 0.847. The third-order valence-corrected chi connectivity index (χ3v) is 3.90. The fourth-order valence-corrected chi connectivity index (χ4v) is 2.83. The molecule has 0 heterocycles. The van der Waals surface area contributed by atoms with Gasteiger partial charge in [0, 0.05) is 10.8 Å². The Bertz CT molecular complexity index is 163. The van der Waals surface area contributed by atoms with E-state index in [4.69, 9.17) is 0 Å². The number of nitrogens with one attached hydrogen (secondary N) is 1. The molecule has 0 rings (SSSR count). The molecule has 0 amide bonds. The summed E-state index contributed by atoms with van der Waals surface area (Å²) in [5.41, 5.74) is 0. The molecule has 0 aromatic heterocycles. The Morgan fingerprint density at radius 2 is 1.56 bits per heavy atom. The first-order valence-corrected chi connectivity index (χ1v) is 7.69. The zero-order valence-electron chi connectivity index (χ0n) is 12.1. The zero-order valence-corrected chi connectivity index (χ0v) is 12.9. The lowest BCUT2D eigenvalue weighted by Gasteiger charge is -2.29. The van der Waals surface area contributed by atoms with Crippen molar-refractivity contribution in [3.63, 3.8) is 0 Å². The van der Waals surface area contributed by atoms with Crippen LogP contribution in [0.1, 0.15) is 73.6 Å². The largest absolute Gasteiger partial charge is 0.260 e. The van der Waals surface area contributed by atoms with Crippen molar-refractivity contribution in [3.8, 4) is 0 Å². The Morgan fingerprint density at radius 3 is 1.94 bits per heavy atom. The van der Waals surface area contributed by atoms with Crippen LogP contribution in [0.15, 0.2) is 0 Å². The predicted molar refractivity (Wildman–Crippen MR) is 77.9 cm³/mol. The van der Waals surface area contributed by atoms with Crippen LogP contribution in [-0.2, 0) is 0 Å². The van der Waals surface area contributed by atoms with Gasteiger partial charge in [0.2, 0.25) is 0 Å². The highest BCUT2D eigenvalue weighted by Gasteiger charge is 2.21. The highest BCUT2D eigenvalue weighted by molar-refractivity contribution is 7.98. The smallest absolute Gasteiger partial charge is 0.0220 e. The van der Waals surface area contributed by atoms with Gasteiger partial charge in [-0.05, 0) is 39.5 Å². The molecule has 1 N–H and O–H groups in total. The summed E-state index contributed by atoms with van der Waals surface area (Å²) >= 11 is 1.90. The summed E-state index contributed by atoms with van der Waals surface area (Å²) in [7, 11) is 0. The Hall–Kier alpha value is 0.310. The van der Waals surface area contributed by atoms with Crippen LogP contribution in [0.25, 0.3) is 0 Å². The van der Waals surface area contributed by atoms with E-state index in [-0.39, 0.29) is 0 Å². The van der Waals surface area contributed by atoms with Gasteiger partial charge in [-0.1, -0.05) is 52.0 Å². The van der Waals surface area contributed by atoms with Crippen molar-refractivity contribution in [1.82, 2.24) is 4.72 Å². The molecule has 2 unspecified atom stereocenters. The van der Waals surface area contributed by atoms with Crippen LogP contribution >= 0.6 is 11.9 Å². The molecule has 0 aliphatic rings. The van der Waals surface area contributed by atoms with Gasteiger partial charge in [0.15, 0.2) is 0 Å². The Labute approximate surface area is 107 Å². The quantitative estimate of drug-likeness (QED) is 0.603. The van der Waals surface area contributed by atoms with E-state index in [0.717, 1.165) is 5.92 Å². The van der Waals surface area contributed by atoms with Crippen molar-refractivity contribution < 1.29 is 0 Å². The van der Waals surface area contributed by atoms with Crippen LogP contribution in [0.2, 0.25) is 0 Å². The van der Waals surface area contributed by atoms with Gasteiger partial charge in [-0.3, -0.25) is 4.72 Å². The maximum atomic E-state index is 3.71. The Morgan fingerprint density at radius 1 is 1.00 bits per heavy atom. The summed E-state index contributed by atoms with van der Waals surface area (Å²) in [4.78, 5) is 0. The second-order valence-electron chi connectivity index (χ2n) is 5.68. The van der Waals surface area contributed by atoms with E-state index in [1.54, 1.807) is 0 Å². The molecule has 1 nitrogen and oxygen atoms in total. The maximum absolute atomic E-state index is 3.71. The molecule has 0 saturated heterocycles. The van der Waals surface area contributed by atoms with Gasteiger partial charge in [-0.2, -0.15) is 0 Å². The number of hydrogen-bond acceptors (Lipinski definition) is 2. The second kappa shape index (κ2) is 8.41. The van der Waals surface area contributed by atoms with E-state index >= 15 is 0 Å². The van der Waals surface area contributed by atoms with Crippen molar-refractivity contribution in [3.05, 3.63) is 0 Å². The first-order chi connectivity index (χ1) is 7.44. The van der Waals surface area contributed by atoms with Crippen LogP contribution < -0.4 is 4.72 Å². The lowest BCUT2D eigenvalue weighted by Crippen LogP contribution is -2.34. The fourth-order valence-electron chi connectivity index (χ4n) is 2.01. The summed E-state index contributed by atoms with van der Waals surface area (Å²) in [6.45, 7) is 13.7. The SMILES string of the molecule is CCCC(CC)C(CCC)NSC(C)(C)C. The highest BCUT2D eigenvalue weighted by atomic mass is 32.2. The van der Waals surface area contributed by atoms with Gasteiger partial charge in [0.05, 0.1) is 0 Å². The first kappa shape index (κ1) is 16.3. The van der Waals surface area contributed by atoms with Gasteiger partial charge in [-0.15, -0.1) is 0 Å². The average Bonchev–Trinajstić information content (AvgIpc) is 2.20. The molecule has 0 aromatic carbocycles. The molecule has 16 heavy (non-hydrogen) atoms. The predicted octanol–water partition coefficient (Wildman–Crippen LogP) is 5.02. The summed E-state index contributed by atoms with van der Waals surface area (Å²) in [5, 5.41) is 0. The first-order valence-electron chi connectivity index (χ1n) is 6.88. The molecule has 0 fully saturated rings. The van der Waals surface area contributed by atoms with Gasteiger partial charge in [-0.25, -0.2) is 0 Å². The summed E-state index contributed by atoms with van der Waals surface area (Å²) in [6.07, 6.45) is 6.56. The lowest BCUT2D eigenvalue weighted by molar-refractivity contribution is 0.343. The molecule has 98 valence electrons. The molecule has 0 radical (unpaired) electrons. The van der Waals surface area contributed by atoms with Crippen molar-refractivity contribution in [2.45, 2.75) is 84.4 Å². The maximum Gasteiger partial charge on any atom is 0.0220 e. The Kier molecular flexibility index (Phi) is 8.57. The minimum atomic E-state index is 0.316. The molecule has 0 aliphatic carbocycles. The molecular formula is C14H31NS. The average molecular weight is 245 g/mol. The van der Waals surface area contributed by atoms with Crippen LogP contribution in [0.5, 0.6) is 0 Å². The lowest BCUT2D eigenvalue weighted by atomic mass is 9.90. The number of rotatable bonds is 8. The topological polar surface area (TPSA) is 12.0 Å². The number of hydrogen-bond donors (Lipinski definition) is 1. The molecule has 2 heteroatoms.